The van der Waals surface area contributed by atoms with Crippen LogP contribution in [0.25, 0.3) is 5.82 Å². The summed E-state index contributed by atoms with van der Waals surface area (Å²) in [7, 11) is 0. The van der Waals surface area contributed by atoms with Crippen molar-refractivity contribution >= 4 is 5.78 Å². The molecule has 88 valence electrons. The van der Waals surface area contributed by atoms with Gasteiger partial charge in [-0.25, -0.2) is 9.67 Å². The monoisotopic (exact) mass is 229 g/mol. The molecule has 4 heteroatoms. The van der Waals surface area contributed by atoms with Crippen molar-refractivity contribution in [3.63, 3.8) is 0 Å². The summed E-state index contributed by atoms with van der Waals surface area (Å²) < 4.78 is 1.74. The van der Waals surface area contributed by atoms with E-state index in [9.17, 15) is 4.79 Å². The molecule has 17 heavy (non-hydrogen) atoms. The number of carbonyl (C=O) groups excluding carboxylic acids is 1. The molecular formula is C13H15N3O. The van der Waals surface area contributed by atoms with E-state index in [0.29, 0.717) is 5.69 Å². The van der Waals surface area contributed by atoms with Crippen molar-refractivity contribution in [2.45, 2.75) is 26.7 Å². The maximum atomic E-state index is 11.4. The third-order valence-electron chi connectivity index (χ3n) is 2.56. The topological polar surface area (TPSA) is 47.8 Å². The number of pyridine rings is 1. The van der Waals surface area contributed by atoms with E-state index in [0.717, 1.165) is 11.5 Å². The molecule has 0 bridgehead atoms. The van der Waals surface area contributed by atoms with Crippen LogP contribution in [0.3, 0.4) is 0 Å². The van der Waals surface area contributed by atoms with Crippen LogP contribution in [0.2, 0.25) is 0 Å². The highest BCUT2D eigenvalue weighted by Crippen LogP contribution is 2.19. The Hall–Kier alpha value is -1.97. The fraction of sp³-hybridized carbons (Fsp3) is 0.308. The lowest BCUT2D eigenvalue weighted by molar-refractivity contribution is 0.101. The summed E-state index contributed by atoms with van der Waals surface area (Å²) in [6, 6.07) is 7.47. The van der Waals surface area contributed by atoms with Crippen molar-refractivity contribution in [2.75, 3.05) is 0 Å². The fourth-order valence-electron chi connectivity index (χ4n) is 1.64. The molecule has 0 fully saturated rings. The van der Waals surface area contributed by atoms with Crippen LogP contribution in [0.1, 0.15) is 42.9 Å². The van der Waals surface area contributed by atoms with Crippen molar-refractivity contribution in [3.8, 4) is 5.82 Å². The molecule has 0 saturated carbocycles. The summed E-state index contributed by atoms with van der Waals surface area (Å²) in [6.07, 6.45) is 1.72. The molecule has 0 radical (unpaired) electrons. The Morgan fingerprint density at radius 3 is 2.65 bits per heavy atom. The first-order valence-corrected chi connectivity index (χ1v) is 5.62. The summed E-state index contributed by atoms with van der Waals surface area (Å²) in [5.74, 6) is 1.00. The molecule has 0 aromatic carbocycles. The van der Waals surface area contributed by atoms with Gasteiger partial charge < -0.3 is 0 Å². The summed E-state index contributed by atoms with van der Waals surface area (Å²) >= 11 is 0. The Morgan fingerprint density at radius 2 is 2.12 bits per heavy atom. The van der Waals surface area contributed by atoms with Gasteiger partial charge in [-0.15, -0.1) is 0 Å². The Balaban J connectivity index is 2.56. The maximum absolute atomic E-state index is 11.4. The van der Waals surface area contributed by atoms with Crippen LogP contribution in [0.5, 0.6) is 0 Å². The van der Waals surface area contributed by atoms with Crippen molar-refractivity contribution < 1.29 is 4.79 Å². The second-order valence-corrected chi connectivity index (χ2v) is 4.27. The van der Waals surface area contributed by atoms with Crippen LogP contribution < -0.4 is 0 Å². The van der Waals surface area contributed by atoms with Crippen LogP contribution >= 0.6 is 0 Å². The molecule has 0 aliphatic heterocycles. The minimum Gasteiger partial charge on any atom is -0.293 e. The van der Waals surface area contributed by atoms with Crippen LogP contribution in [0, 0.1) is 0 Å². The van der Waals surface area contributed by atoms with Crippen LogP contribution in [0.15, 0.2) is 30.5 Å². The van der Waals surface area contributed by atoms with E-state index in [1.807, 2.05) is 24.3 Å². The molecule has 0 saturated heterocycles. The largest absolute Gasteiger partial charge is 0.293 e. The molecule has 0 aliphatic carbocycles. The van der Waals surface area contributed by atoms with Crippen molar-refractivity contribution in [2.24, 2.45) is 0 Å². The first kappa shape index (κ1) is 11.5. The molecule has 2 aromatic heterocycles. The lowest BCUT2D eigenvalue weighted by Gasteiger charge is -2.08. The normalized spacial score (nSPS) is 10.8. The number of rotatable bonds is 3. The van der Waals surface area contributed by atoms with E-state index >= 15 is 0 Å². The molecule has 2 heterocycles. The van der Waals surface area contributed by atoms with Crippen molar-refractivity contribution in [3.05, 3.63) is 41.9 Å². The van der Waals surface area contributed by atoms with Gasteiger partial charge in [-0.1, -0.05) is 19.9 Å². The molecule has 0 atom stereocenters. The second kappa shape index (κ2) is 4.49. The van der Waals surface area contributed by atoms with Gasteiger partial charge in [0, 0.05) is 18.8 Å². The van der Waals surface area contributed by atoms with E-state index in [4.69, 9.17) is 0 Å². The van der Waals surface area contributed by atoms with Gasteiger partial charge in [0.2, 0.25) is 0 Å². The highest BCUT2D eigenvalue weighted by molar-refractivity contribution is 5.92. The smallest absolute Gasteiger partial charge is 0.180 e. The van der Waals surface area contributed by atoms with Crippen LogP contribution in [-0.4, -0.2) is 20.5 Å². The first-order chi connectivity index (χ1) is 8.09. The van der Waals surface area contributed by atoms with E-state index < -0.39 is 0 Å². The predicted molar refractivity (Wildman–Crippen MR) is 65.5 cm³/mol. The van der Waals surface area contributed by atoms with Gasteiger partial charge in [0.25, 0.3) is 0 Å². The molecule has 4 nitrogen and oxygen atoms in total. The quantitative estimate of drug-likeness (QED) is 0.760. The van der Waals surface area contributed by atoms with E-state index in [-0.39, 0.29) is 11.7 Å². The minimum atomic E-state index is -0.0263. The molecule has 0 unspecified atom stereocenters. The molecule has 0 aliphatic rings. The Bertz CT molecular complexity index is 529. The van der Waals surface area contributed by atoms with Gasteiger partial charge in [-0.3, -0.25) is 4.79 Å². The lowest BCUT2D eigenvalue weighted by Crippen LogP contribution is -2.05. The van der Waals surface area contributed by atoms with Crippen molar-refractivity contribution in [1.29, 1.82) is 0 Å². The fourth-order valence-corrected chi connectivity index (χ4v) is 1.64. The predicted octanol–water partition coefficient (Wildman–Crippen LogP) is 2.59. The number of ketones is 1. The highest BCUT2D eigenvalue weighted by Gasteiger charge is 2.15. The van der Waals surface area contributed by atoms with Crippen LogP contribution in [0.4, 0.5) is 0 Å². The van der Waals surface area contributed by atoms with Gasteiger partial charge >= 0.3 is 0 Å². The third-order valence-corrected chi connectivity index (χ3v) is 2.56. The summed E-state index contributed by atoms with van der Waals surface area (Å²) in [5, 5.41) is 4.31. The van der Waals surface area contributed by atoms with Gasteiger partial charge in [0.1, 0.15) is 5.69 Å². The molecule has 0 N–H and O–H groups in total. The first-order valence-electron chi connectivity index (χ1n) is 5.62. The Labute approximate surface area is 100 Å². The van der Waals surface area contributed by atoms with Gasteiger partial charge in [0.05, 0.1) is 0 Å². The van der Waals surface area contributed by atoms with E-state index in [2.05, 4.69) is 23.9 Å². The molecule has 2 rings (SSSR count). The van der Waals surface area contributed by atoms with E-state index in [1.165, 1.54) is 6.92 Å². The number of hydrogen-bond acceptors (Lipinski definition) is 3. The second-order valence-electron chi connectivity index (χ2n) is 4.27. The number of nitrogens with zero attached hydrogens (tertiary/aromatic N) is 3. The van der Waals surface area contributed by atoms with E-state index in [1.54, 1.807) is 10.9 Å². The minimum absolute atomic E-state index is 0.0263. The Kier molecular flexibility index (Phi) is 3.04. The lowest BCUT2D eigenvalue weighted by atomic mass is 10.1. The molecule has 0 spiro atoms. The van der Waals surface area contributed by atoms with Crippen molar-refractivity contribution in [1.82, 2.24) is 14.8 Å². The summed E-state index contributed by atoms with van der Waals surface area (Å²) in [4.78, 5) is 15.6. The molecule has 0 amide bonds. The number of Topliss-reactive ketones (excluding diaryl/α,β-unsaturated/α-hetero) is 1. The number of aromatic nitrogens is 3. The SMILES string of the molecule is CC(=O)c1cc(C(C)C)n(-c2ccccn2)n1. The Morgan fingerprint density at radius 1 is 1.35 bits per heavy atom. The zero-order valence-electron chi connectivity index (χ0n) is 10.2. The van der Waals surface area contributed by atoms with Crippen LogP contribution in [-0.2, 0) is 0 Å². The molecule has 2 aromatic rings. The van der Waals surface area contributed by atoms with Gasteiger partial charge in [0.15, 0.2) is 11.6 Å². The van der Waals surface area contributed by atoms with Gasteiger partial charge in [-0.2, -0.15) is 5.10 Å². The molecular weight excluding hydrogens is 214 g/mol. The standard InChI is InChI=1S/C13H15N3O/c1-9(2)12-8-11(10(3)17)15-16(12)13-6-4-5-7-14-13/h4-9H,1-3H3. The summed E-state index contributed by atoms with van der Waals surface area (Å²) in [6.45, 7) is 5.66. The zero-order valence-corrected chi connectivity index (χ0v) is 10.2. The zero-order chi connectivity index (χ0) is 12.4. The summed E-state index contributed by atoms with van der Waals surface area (Å²) in [5.41, 5.74) is 1.48. The van der Waals surface area contributed by atoms with Gasteiger partial charge in [-0.05, 0) is 24.1 Å². The third kappa shape index (κ3) is 2.25. The number of hydrogen-bond donors (Lipinski definition) is 0. The maximum Gasteiger partial charge on any atom is 0.180 e. The number of carbonyl (C=O) groups is 1. The average Bonchev–Trinajstić information content (AvgIpc) is 2.75. The highest BCUT2D eigenvalue weighted by atomic mass is 16.1. The average molecular weight is 229 g/mol.